The van der Waals surface area contributed by atoms with Gasteiger partial charge in [0.25, 0.3) is 0 Å². The number of ether oxygens (including phenoxy) is 1. The first-order chi connectivity index (χ1) is 15.8. The maximum atomic E-state index is 5.89. The third-order valence-corrected chi connectivity index (χ3v) is 7.40. The summed E-state index contributed by atoms with van der Waals surface area (Å²) in [5, 5.41) is 0. The molecule has 1 heteroatoms. The summed E-state index contributed by atoms with van der Waals surface area (Å²) in [4.78, 5) is 0. The van der Waals surface area contributed by atoms with Gasteiger partial charge in [-0.05, 0) is 72.8 Å². The minimum atomic E-state index is 0.767. The molecule has 3 rings (SSSR count). The molecule has 1 aliphatic rings. The summed E-state index contributed by atoms with van der Waals surface area (Å²) >= 11 is 0. The Labute approximate surface area is 198 Å². The van der Waals surface area contributed by atoms with E-state index in [-0.39, 0.29) is 0 Å². The fraction of sp³-hybridized carbons (Fsp3) is 0.613. The Morgan fingerprint density at radius 1 is 0.625 bits per heavy atom. The maximum Gasteiger partial charge on any atom is 0.119 e. The quantitative estimate of drug-likeness (QED) is 0.269. The molecule has 2 aromatic carbocycles. The molecule has 1 aliphatic carbocycles. The molecular formula is C31H46O. The third kappa shape index (κ3) is 8.30. The monoisotopic (exact) mass is 434 g/mol. The normalized spacial score (nSPS) is 18.6. The molecule has 0 aromatic heterocycles. The standard InChI is InChI=1S/C31H46O/c1-3-5-7-9-10-12-26-13-15-27(16-14-26)28-17-19-29(20-18-28)30-21-23-31(24-22-30)32-25-11-8-6-4-2/h17-24,26-27H,3-16,25H2,1-2H3. The van der Waals surface area contributed by atoms with Crippen molar-refractivity contribution < 1.29 is 4.74 Å². The topological polar surface area (TPSA) is 9.23 Å². The summed E-state index contributed by atoms with van der Waals surface area (Å²) in [5.74, 6) is 2.74. The minimum Gasteiger partial charge on any atom is -0.494 e. The van der Waals surface area contributed by atoms with Gasteiger partial charge in [0, 0.05) is 0 Å². The number of rotatable bonds is 14. The summed E-state index contributed by atoms with van der Waals surface area (Å²) < 4.78 is 5.89. The van der Waals surface area contributed by atoms with E-state index in [0.29, 0.717) is 0 Å². The second-order valence-corrected chi connectivity index (χ2v) is 9.98. The molecule has 0 amide bonds. The lowest BCUT2D eigenvalue weighted by molar-refractivity contribution is 0.302. The van der Waals surface area contributed by atoms with Crippen LogP contribution < -0.4 is 4.74 Å². The summed E-state index contributed by atoms with van der Waals surface area (Å²) in [7, 11) is 0. The fourth-order valence-corrected chi connectivity index (χ4v) is 5.23. The van der Waals surface area contributed by atoms with Crippen molar-refractivity contribution in [1.29, 1.82) is 0 Å². The maximum absolute atomic E-state index is 5.89. The van der Waals surface area contributed by atoms with Gasteiger partial charge in [-0.25, -0.2) is 0 Å². The van der Waals surface area contributed by atoms with Crippen molar-refractivity contribution in [1.82, 2.24) is 0 Å². The van der Waals surface area contributed by atoms with Crippen LogP contribution in [-0.2, 0) is 0 Å². The van der Waals surface area contributed by atoms with Gasteiger partial charge in [0.05, 0.1) is 6.61 Å². The number of hydrogen-bond donors (Lipinski definition) is 0. The van der Waals surface area contributed by atoms with E-state index in [2.05, 4.69) is 62.4 Å². The Kier molecular flexibility index (Phi) is 11.2. The molecule has 0 unspecified atom stereocenters. The van der Waals surface area contributed by atoms with Crippen LogP contribution in [0.15, 0.2) is 48.5 Å². The van der Waals surface area contributed by atoms with Gasteiger partial charge in [0.2, 0.25) is 0 Å². The van der Waals surface area contributed by atoms with Crippen LogP contribution in [0.2, 0.25) is 0 Å². The van der Waals surface area contributed by atoms with Crippen LogP contribution in [0.3, 0.4) is 0 Å². The second kappa shape index (κ2) is 14.4. The van der Waals surface area contributed by atoms with Crippen molar-refractivity contribution in [2.45, 2.75) is 110 Å². The molecule has 0 radical (unpaired) electrons. The zero-order valence-corrected chi connectivity index (χ0v) is 20.8. The van der Waals surface area contributed by atoms with Crippen LogP contribution in [-0.4, -0.2) is 6.61 Å². The Morgan fingerprint density at radius 2 is 1.19 bits per heavy atom. The molecule has 0 saturated heterocycles. The average molecular weight is 435 g/mol. The van der Waals surface area contributed by atoms with E-state index in [9.17, 15) is 0 Å². The predicted octanol–water partition coefficient (Wildman–Crippen LogP) is 9.95. The van der Waals surface area contributed by atoms with Gasteiger partial charge in [-0.3, -0.25) is 0 Å². The van der Waals surface area contributed by atoms with Crippen molar-refractivity contribution in [2.75, 3.05) is 6.61 Å². The van der Waals surface area contributed by atoms with Crippen LogP contribution in [0.4, 0.5) is 0 Å². The van der Waals surface area contributed by atoms with Crippen LogP contribution in [0.1, 0.15) is 115 Å². The lowest BCUT2D eigenvalue weighted by Crippen LogP contribution is -2.13. The van der Waals surface area contributed by atoms with E-state index in [4.69, 9.17) is 4.74 Å². The number of unbranched alkanes of at least 4 members (excludes halogenated alkanes) is 7. The van der Waals surface area contributed by atoms with Gasteiger partial charge in [-0.15, -0.1) is 0 Å². The molecular weight excluding hydrogens is 388 g/mol. The van der Waals surface area contributed by atoms with Gasteiger partial charge in [-0.1, -0.05) is 108 Å². The average Bonchev–Trinajstić information content (AvgIpc) is 2.85. The van der Waals surface area contributed by atoms with E-state index in [0.717, 1.165) is 30.6 Å². The molecule has 0 atom stereocenters. The van der Waals surface area contributed by atoms with Crippen molar-refractivity contribution in [2.24, 2.45) is 5.92 Å². The Balaban J connectivity index is 1.41. The molecule has 0 heterocycles. The highest BCUT2D eigenvalue weighted by Gasteiger charge is 2.22. The lowest BCUT2D eigenvalue weighted by Gasteiger charge is -2.29. The SMILES string of the molecule is CCCCCCCC1CCC(c2ccc(-c3ccc(OCCCCCC)cc3)cc2)CC1. The van der Waals surface area contributed by atoms with Crippen molar-refractivity contribution in [3.05, 3.63) is 54.1 Å². The first-order valence-electron chi connectivity index (χ1n) is 13.6. The minimum absolute atomic E-state index is 0.767. The number of hydrogen-bond acceptors (Lipinski definition) is 1. The molecule has 32 heavy (non-hydrogen) atoms. The lowest BCUT2D eigenvalue weighted by atomic mass is 9.77. The fourth-order valence-electron chi connectivity index (χ4n) is 5.23. The van der Waals surface area contributed by atoms with Crippen molar-refractivity contribution in [3.63, 3.8) is 0 Å². The summed E-state index contributed by atoms with van der Waals surface area (Å²) in [6.45, 7) is 5.37. The molecule has 0 spiro atoms. The van der Waals surface area contributed by atoms with E-state index >= 15 is 0 Å². The predicted molar refractivity (Wildman–Crippen MR) is 140 cm³/mol. The summed E-state index contributed by atoms with van der Waals surface area (Å²) in [6, 6.07) is 18.0. The molecule has 176 valence electrons. The Morgan fingerprint density at radius 3 is 1.81 bits per heavy atom. The molecule has 0 bridgehead atoms. The molecule has 1 saturated carbocycles. The largest absolute Gasteiger partial charge is 0.494 e. The van der Waals surface area contributed by atoms with Crippen LogP contribution in [0.25, 0.3) is 11.1 Å². The van der Waals surface area contributed by atoms with Crippen molar-refractivity contribution in [3.8, 4) is 16.9 Å². The second-order valence-electron chi connectivity index (χ2n) is 9.98. The summed E-state index contributed by atoms with van der Waals surface area (Å²) in [6.07, 6.45) is 19.2. The van der Waals surface area contributed by atoms with Gasteiger partial charge >= 0.3 is 0 Å². The van der Waals surface area contributed by atoms with Gasteiger partial charge in [0.1, 0.15) is 5.75 Å². The molecule has 1 nitrogen and oxygen atoms in total. The number of benzene rings is 2. The first kappa shape index (κ1) is 24.9. The van der Waals surface area contributed by atoms with E-state index in [1.165, 1.54) is 94.6 Å². The molecule has 2 aromatic rings. The summed E-state index contributed by atoms with van der Waals surface area (Å²) in [5.41, 5.74) is 4.13. The van der Waals surface area contributed by atoms with Crippen LogP contribution in [0, 0.1) is 5.92 Å². The first-order valence-corrected chi connectivity index (χ1v) is 13.6. The highest BCUT2D eigenvalue weighted by Crippen LogP contribution is 2.38. The van der Waals surface area contributed by atoms with E-state index in [1.54, 1.807) is 5.56 Å². The third-order valence-electron chi connectivity index (χ3n) is 7.40. The molecule has 0 N–H and O–H groups in total. The Bertz CT molecular complexity index is 722. The zero-order valence-electron chi connectivity index (χ0n) is 20.8. The zero-order chi connectivity index (χ0) is 22.4. The van der Waals surface area contributed by atoms with Crippen LogP contribution in [0.5, 0.6) is 5.75 Å². The molecule has 0 aliphatic heterocycles. The van der Waals surface area contributed by atoms with E-state index in [1.807, 2.05) is 0 Å². The van der Waals surface area contributed by atoms with Gasteiger partial charge in [0.15, 0.2) is 0 Å². The highest BCUT2D eigenvalue weighted by molar-refractivity contribution is 5.64. The smallest absolute Gasteiger partial charge is 0.119 e. The van der Waals surface area contributed by atoms with Crippen LogP contribution >= 0.6 is 0 Å². The van der Waals surface area contributed by atoms with Crippen molar-refractivity contribution >= 4 is 0 Å². The highest BCUT2D eigenvalue weighted by atomic mass is 16.5. The molecule has 1 fully saturated rings. The van der Waals surface area contributed by atoms with E-state index < -0.39 is 0 Å². The van der Waals surface area contributed by atoms with Gasteiger partial charge in [-0.2, -0.15) is 0 Å². The van der Waals surface area contributed by atoms with Gasteiger partial charge < -0.3 is 4.74 Å². The Hall–Kier alpha value is -1.76.